The van der Waals surface area contributed by atoms with E-state index in [-0.39, 0.29) is 5.54 Å². The Kier molecular flexibility index (Phi) is 2.09. The lowest BCUT2D eigenvalue weighted by Gasteiger charge is -2.19. The molecular formula is C12H19N3. The number of hydrogen-bond donors (Lipinski definition) is 2. The third-order valence-electron chi connectivity index (χ3n) is 3.94. The fourth-order valence-electron chi connectivity index (χ4n) is 2.61. The highest BCUT2D eigenvalue weighted by Gasteiger charge is 2.42. The highest BCUT2D eigenvalue weighted by atomic mass is 15.1. The van der Waals surface area contributed by atoms with E-state index < -0.39 is 0 Å². The molecule has 2 saturated carbocycles. The van der Waals surface area contributed by atoms with E-state index in [9.17, 15) is 0 Å². The third kappa shape index (κ3) is 1.69. The molecule has 2 aliphatic carbocycles. The minimum atomic E-state index is -0.0799. The van der Waals surface area contributed by atoms with Crippen LogP contribution in [0, 0.1) is 0 Å². The molecule has 0 aromatic carbocycles. The summed E-state index contributed by atoms with van der Waals surface area (Å²) in [6, 6.07) is 2.21. The van der Waals surface area contributed by atoms with E-state index in [0.717, 1.165) is 18.5 Å². The molecule has 0 bridgehead atoms. The second-order valence-corrected chi connectivity index (χ2v) is 5.20. The SMILES string of the molecule is NC1(c2cc(C3CCCCC3)[nH]n2)CC1. The first-order valence-electron chi connectivity index (χ1n) is 6.13. The van der Waals surface area contributed by atoms with Crippen molar-refractivity contribution in [3.63, 3.8) is 0 Å². The second-order valence-electron chi connectivity index (χ2n) is 5.20. The maximum Gasteiger partial charge on any atom is 0.0823 e. The van der Waals surface area contributed by atoms with Crippen molar-refractivity contribution in [3.8, 4) is 0 Å². The summed E-state index contributed by atoms with van der Waals surface area (Å²) >= 11 is 0. The Balaban J connectivity index is 1.77. The highest BCUT2D eigenvalue weighted by molar-refractivity contribution is 5.25. The fraction of sp³-hybridized carbons (Fsp3) is 0.750. The Morgan fingerprint density at radius 1 is 1.27 bits per heavy atom. The summed E-state index contributed by atoms with van der Waals surface area (Å²) in [5.74, 6) is 0.711. The highest BCUT2D eigenvalue weighted by Crippen LogP contribution is 2.42. The molecule has 1 heterocycles. The molecule has 0 unspecified atom stereocenters. The zero-order valence-corrected chi connectivity index (χ0v) is 9.13. The summed E-state index contributed by atoms with van der Waals surface area (Å²) in [5, 5.41) is 7.57. The average Bonchev–Trinajstić information content (AvgIpc) is 2.85. The van der Waals surface area contributed by atoms with Crippen molar-refractivity contribution < 1.29 is 0 Å². The first kappa shape index (κ1) is 9.40. The van der Waals surface area contributed by atoms with Crippen LogP contribution in [-0.4, -0.2) is 10.2 Å². The van der Waals surface area contributed by atoms with Gasteiger partial charge in [0.1, 0.15) is 0 Å². The molecular weight excluding hydrogens is 186 g/mol. The Bertz CT molecular complexity index is 346. The van der Waals surface area contributed by atoms with Crippen LogP contribution in [0.5, 0.6) is 0 Å². The van der Waals surface area contributed by atoms with Gasteiger partial charge in [-0.3, -0.25) is 5.10 Å². The van der Waals surface area contributed by atoms with Gasteiger partial charge in [-0.1, -0.05) is 19.3 Å². The predicted octanol–water partition coefficient (Wildman–Crippen LogP) is 2.41. The van der Waals surface area contributed by atoms with Crippen molar-refractivity contribution in [2.75, 3.05) is 0 Å². The standard InChI is InChI=1S/C12H19N3/c13-12(6-7-12)11-8-10(14-15-11)9-4-2-1-3-5-9/h8-9H,1-7,13H2,(H,14,15). The average molecular weight is 205 g/mol. The molecule has 0 spiro atoms. The van der Waals surface area contributed by atoms with Gasteiger partial charge in [0.2, 0.25) is 0 Å². The van der Waals surface area contributed by atoms with E-state index in [1.54, 1.807) is 0 Å². The number of aromatic nitrogens is 2. The minimum absolute atomic E-state index is 0.0799. The van der Waals surface area contributed by atoms with E-state index in [2.05, 4.69) is 16.3 Å². The van der Waals surface area contributed by atoms with E-state index >= 15 is 0 Å². The normalized spacial score (nSPS) is 25.4. The van der Waals surface area contributed by atoms with Crippen LogP contribution in [0.25, 0.3) is 0 Å². The van der Waals surface area contributed by atoms with Crippen LogP contribution in [0.3, 0.4) is 0 Å². The molecule has 0 radical (unpaired) electrons. The Hall–Kier alpha value is -0.830. The van der Waals surface area contributed by atoms with Crippen LogP contribution in [0.4, 0.5) is 0 Å². The first-order chi connectivity index (χ1) is 7.28. The quantitative estimate of drug-likeness (QED) is 0.779. The van der Waals surface area contributed by atoms with Crippen molar-refractivity contribution >= 4 is 0 Å². The predicted molar refractivity (Wildman–Crippen MR) is 59.5 cm³/mol. The van der Waals surface area contributed by atoms with Crippen molar-refractivity contribution in [1.29, 1.82) is 0 Å². The van der Waals surface area contributed by atoms with Gasteiger partial charge in [-0.25, -0.2) is 0 Å². The molecule has 1 aromatic rings. The lowest BCUT2D eigenvalue weighted by molar-refractivity contribution is 0.436. The van der Waals surface area contributed by atoms with Gasteiger partial charge in [0.15, 0.2) is 0 Å². The number of nitrogens with one attached hydrogen (secondary N) is 1. The summed E-state index contributed by atoms with van der Waals surface area (Å²) in [6.07, 6.45) is 8.97. The van der Waals surface area contributed by atoms with Gasteiger partial charge in [0.25, 0.3) is 0 Å². The molecule has 3 rings (SSSR count). The van der Waals surface area contributed by atoms with Gasteiger partial charge >= 0.3 is 0 Å². The monoisotopic (exact) mass is 205 g/mol. The van der Waals surface area contributed by atoms with Gasteiger partial charge in [0.05, 0.1) is 11.2 Å². The second kappa shape index (κ2) is 3.34. The molecule has 3 heteroatoms. The smallest absolute Gasteiger partial charge is 0.0823 e. The van der Waals surface area contributed by atoms with E-state index in [4.69, 9.17) is 5.73 Å². The van der Waals surface area contributed by atoms with Crippen LogP contribution in [0.2, 0.25) is 0 Å². The van der Waals surface area contributed by atoms with Crippen LogP contribution >= 0.6 is 0 Å². The molecule has 2 aliphatic rings. The zero-order valence-electron chi connectivity index (χ0n) is 9.13. The largest absolute Gasteiger partial charge is 0.320 e. The first-order valence-corrected chi connectivity index (χ1v) is 6.13. The lowest BCUT2D eigenvalue weighted by Crippen LogP contribution is -2.18. The molecule has 0 amide bonds. The van der Waals surface area contributed by atoms with Gasteiger partial charge in [-0.05, 0) is 31.7 Å². The lowest BCUT2D eigenvalue weighted by atomic mass is 9.87. The Labute approximate surface area is 90.4 Å². The molecule has 15 heavy (non-hydrogen) atoms. The summed E-state index contributed by atoms with van der Waals surface area (Å²) in [4.78, 5) is 0. The summed E-state index contributed by atoms with van der Waals surface area (Å²) in [7, 11) is 0. The topological polar surface area (TPSA) is 54.7 Å². The zero-order chi connectivity index (χ0) is 10.3. The Morgan fingerprint density at radius 3 is 2.67 bits per heavy atom. The Morgan fingerprint density at radius 2 is 2.00 bits per heavy atom. The van der Waals surface area contributed by atoms with Crippen molar-refractivity contribution in [2.45, 2.75) is 56.4 Å². The molecule has 82 valence electrons. The van der Waals surface area contributed by atoms with Crippen LogP contribution < -0.4 is 5.73 Å². The van der Waals surface area contributed by atoms with Crippen molar-refractivity contribution in [2.24, 2.45) is 5.73 Å². The molecule has 3 nitrogen and oxygen atoms in total. The maximum atomic E-state index is 6.13. The molecule has 3 N–H and O–H groups in total. The maximum absolute atomic E-state index is 6.13. The fourth-order valence-corrected chi connectivity index (χ4v) is 2.61. The van der Waals surface area contributed by atoms with Crippen LogP contribution in [0.1, 0.15) is 62.3 Å². The van der Waals surface area contributed by atoms with Crippen LogP contribution in [0.15, 0.2) is 6.07 Å². The molecule has 0 saturated heterocycles. The van der Waals surface area contributed by atoms with E-state index in [1.807, 2.05) is 0 Å². The van der Waals surface area contributed by atoms with Gasteiger partial charge in [0, 0.05) is 11.6 Å². The van der Waals surface area contributed by atoms with Gasteiger partial charge in [-0.2, -0.15) is 5.10 Å². The van der Waals surface area contributed by atoms with E-state index in [1.165, 1.54) is 37.8 Å². The minimum Gasteiger partial charge on any atom is -0.320 e. The molecule has 1 aromatic heterocycles. The number of hydrogen-bond acceptors (Lipinski definition) is 2. The van der Waals surface area contributed by atoms with Gasteiger partial charge < -0.3 is 5.73 Å². The summed E-state index contributed by atoms with van der Waals surface area (Å²) < 4.78 is 0. The molecule has 0 aliphatic heterocycles. The number of nitrogens with two attached hydrogens (primary N) is 1. The van der Waals surface area contributed by atoms with Gasteiger partial charge in [-0.15, -0.1) is 0 Å². The van der Waals surface area contributed by atoms with Crippen LogP contribution in [-0.2, 0) is 5.54 Å². The number of aromatic amines is 1. The van der Waals surface area contributed by atoms with Crippen molar-refractivity contribution in [3.05, 3.63) is 17.5 Å². The van der Waals surface area contributed by atoms with E-state index in [0.29, 0.717) is 5.92 Å². The number of rotatable bonds is 2. The number of nitrogens with zero attached hydrogens (tertiary/aromatic N) is 1. The van der Waals surface area contributed by atoms with Crippen molar-refractivity contribution in [1.82, 2.24) is 10.2 Å². The molecule has 0 atom stereocenters. The molecule has 2 fully saturated rings. The summed E-state index contributed by atoms with van der Waals surface area (Å²) in [6.45, 7) is 0. The summed E-state index contributed by atoms with van der Waals surface area (Å²) in [5.41, 5.74) is 8.46. The number of H-pyrrole nitrogens is 1. The third-order valence-corrected chi connectivity index (χ3v) is 3.94.